The van der Waals surface area contributed by atoms with Crippen molar-refractivity contribution in [3.05, 3.63) is 22.5 Å². The Morgan fingerprint density at radius 1 is 1.50 bits per heavy atom. The molecule has 0 aromatic heterocycles. The predicted molar refractivity (Wildman–Crippen MR) is 45.4 cm³/mol. The molecule has 0 saturated carbocycles. The molecular weight excluding hydrogens is 174 g/mol. The molecular formula is C8H7ClN3+. The Labute approximate surface area is 74.8 Å². The Morgan fingerprint density at radius 2 is 2.42 bits per heavy atom. The maximum absolute atomic E-state index is 5.99. The minimum absolute atomic E-state index is 0.763. The fourth-order valence-electron chi connectivity index (χ4n) is 1.84. The van der Waals surface area contributed by atoms with Gasteiger partial charge < -0.3 is 0 Å². The Balaban J connectivity index is 2.10. The van der Waals surface area contributed by atoms with Crippen LogP contribution in [0.4, 0.5) is 0 Å². The van der Waals surface area contributed by atoms with Crippen molar-refractivity contribution < 1.29 is 4.58 Å². The third-order valence-corrected chi connectivity index (χ3v) is 2.80. The highest BCUT2D eigenvalue weighted by Gasteiger charge is 2.38. The lowest BCUT2D eigenvalue weighted by molar-refractivity contribution is -0.449. The van der Waals surface area contributed by atoms with Crippen molar-refractivity contribution in [2.24, 2.45) is 10.2 Å². The lowest BCUT2D eigenvalue weighted by atomic mass is 10.1. The van der Waals surface area contributed by atoms with Gasteiger partial charge in [-0.3, -0.25) is 0 Å². The molecule has 0 amide bonds. The fourth-order valence-corrected chi connectivity index (χ4v) is 2.08. The second-order valence-electron chi connectivity index (χ2n) is 3.12. The number of halogens is 1. The average Bonchev–Trinajstić information content (AvgIpc) is 2.63. The molecule has 0 unspecified atom stereocenters. The molecule has 60 valence electrons. The van der Waals surface area contributed by atoms with Crippen LogP contribution in [0.15, 0.2) is 32.7 Å². The quantitative estimate of drug-likeness (QED) is 0.401. The van der Waals surface area contributed by atoms with E-state index in [9.17, 15) is 0 Å². The maximum Gasteiger partial charge on any atom is 0.271 e. The van der Waals surface area contributed by atoms with Gasteiger partial charge in [-0.2, -0.15) is 9.69 Å². The average molecular weight is 181 g/mol. The summed E-state index contributed by atoms with van der Waals surface area (Å²) in [6.07, 6.45) is 2.94. The van der Waals surface area contributed by atoms with E-state index >= 15 is 0 Å². The van der Waals surface area contributed by atoms with Crippen LogP contribution >= 0.6 is 11.6 Å². The molecule has 0 atom stereocenters. The summed E-state index contributed by atoms with van der Waals surface area (Å²) in [5.74, 6) is 0. The number of hydrogen-bond acceptors (Lipinski definition) is 2. The number of rotatable bonds is 0. The first kappa shape index (κ1) is 6.54. The van der Waals surface area contributed by atoms with Gasteiger partial charge in [-0.15, -0.1) is 5.11 Å². The van der Waals surface area contributed by atoms with Gasteiger partial charge in [0.05, 0.1) is 18.5 Å². The van der Waals surface area contributed by atoms with E-state index in [1.54, 1.807) is 0 Å². The predicted octanol–water partition coefficient (Wildman–Crippen LogP) is 1.66. The summed E-state index contributed by atoms with van der Waals surface area (Å²) in [4.78, 5) is 0. The van der Waals surface area contributed by atoms with E-state index < -0.39 is 0 Å². The van der Waals surface area contributed by atoms with Crippen LogP contribution in [0.3, 0.4) is 0 Å². The van der Waals surface area contributed by atoms with Crippen LogP contribution in [-0.4, -0.2) is 23.4 Å². The zero-order valence-corrected chi connectivity index (χ0v) is 7.17. The van der Waals surface area contributed by atoms with Crippen molar-refractivity contribution in [1.29, 1.82) is 0 Å². The van der Waals surface area contributed by atoms with Crippen LogP contribution in [0.1, 0.15) is 6.42 Å². The summed E-state index contributed by atoms with van der Waals surface area (Å²) in [6, 6.07) is 0. The highest BCUT2D eigenvalue weighted by atomic mass is 35.5. The van der Waals surface area contributed by atoms with E-state index in [0.717, 1.165) is 30.4 Å². The van der Waals surface area contributed by atoms with E-state index in [-0.39, 0.29) is 0 Å². The molecule has 0 saturated heterocycles. The first-order chi connectivity index (χ1) is 5.86. The normalized spacial score (nSPS) is 25.2. The molecule has 0 aromatic carbocycles. The molecule has 0 fully saturated rings. The molecule has 3 aliphatic heterocycles. The molecule has 3 nitrogen and oxygen atoms in total. The molecule has 0 N–H and O–H groups in total. The Hall–Kier alpha value is -0.960. The van der Waals surface area contributed by atoms with Crippen molar-refractivity contribution in [3.63, 3.8) is 0 Å². The number of azo groups is 1. The smallest absolute Gasteiger partial charge is 0.184 e. The third-order valence-electron chi connectivity index (χ3n) is 2.44. The van der Waals surface area contributed by atoms with Gasteiger partial charge in [0.2, 0.25) is 5.71 Å². The first-order valence-corrected chi connectivity index (χ1v) is 4.33. The van der Waals surface area contributed by atoms with Crippen molar-refractivity contribution in [2.45, 2.75) is 6.42 Å². The summed E-state index contributed by atoms with van der Waals surface area (Å²) >= 11 is 5.99. The van der Waals surface area contributed by atoms with Gasteiger partial charge in [0.15, 0.2) is 12.2 Å². The summed E-state index contributed by atoms with van der Waals surface area (Å²) in [6.45, 7) is 1.66. The van der Waals surface area contributed by atoms with E-state index in [2.05, 4.69) is 14.8 Å². The number of hydrogen-bond donors (Lipinski definition) is 0. The maximum atomic E-state index is 5.99. The van der Waals surface area contributed by atoms with E-state index in [1.807, 2.05) is 6.08 Å². The van der Waals surface area contributed by atoms with Gasteiger partial charge in [0, 0.05) is 6.08 Å². The lowest BCUT2D eigenvalue weighted by Crippen LogP contribution is -2.10. The number of nitrogens with zero attached hydrogens (tertiary/aromatic N) is 3. The molecule has 0 spiro atoms. The van der Waals surface area contributed by atoms with Crippen molar-refractivity contribution in [3.8, 4) is 0 Å². The third kappa shape index (κ3) is 0.648. The largest absolute Gasteiger partial charge is 0.271 e. The molecule has 3 heterocycles. The molecule has 0 aliphatic carbocycles. The van der Waals surface area contributed by atoms with Gasteiger partial charge in [-0.1, -0.05) is 0 Å². The van der Waals surface area contributed by atoms with Gasteiger partial charge in [-0.25, -0.2) is 0 Å². The van der Waals surface area contributed by atoms with E-state index in [4.69, 9.17) is 11.6 Å². The molecule has 0 radical (unpaired) electrons. The van der Waals surface area contributed by atoms with Gasteiger partial charge in [-0.05, 0) is 11.6 Å². The second kappa shape index (κ2) is 2.04. The molecule has 3 rings (SSSR count). The molecule has 12 heavy (non-hydrogen) atoms. The molecule has 4 heteroatoms. The summed E-state index contributed by atoms with van der Waals surface area (Å²) < 4.78 is 2.12. The van der Waals surface area contributed by atoms with Crippen molar-refractivity contribution in [1.82, 2.24) is 0 Å². The van der Waals surface area contributed by atoms with Gasteiger partial charge >= 0.3 is 0 Å². The molecule has 3 aliphatic rings. The van der Waals surface area contributed by atoms with Gasteiger partial charge in [0.1, 0.15) is 0 Å². The van der Waals surface area contributed by atoms with Crippen LogP contribution in [0, 0.1) is 0 Å². The Bertz CT molecular complexity index is 387. The highest BCUT2D eigenvalue weighted by molar-refractivity contribution is 6.29. The summed E-state index contributed by atoms with van der Waals surface area (Å²) in [7, 11) is 0. The summed E-state index contributed by atoms with van der Waals surface area (Å²) in [5, 5.41) is 8.94. The first-order valence-electron chi connectivity index (χ1n) is 3.95. The second-order valence-corrected chi connectivity index (χ2v) is 3.50. The zero-order chi connectivity index (χ0) is 8.13. The Kier molecular flexibility index (Phi) is 1.11. The monoisotopic (exact) mass is 180 g/mol. The van der Waals surface area contributed by atoms with Crippen LogP contribution in [-0.2, 0) is 0 Å². The zero-order valence-electron chi connectivity index (χ0n) is 6.42. The Morgan fingerprint density at radius 3 is 3.33 bits per heavy atom. The SMILES string of the molecule is ClC1=CCC2=[N+]1CC1=C2N=NC1. The van der Waals surface area contributed by atoms with Crippen molar-refractivity contribution >= 4 is 17.3 Å². The van der Waals surface area contributed by atoms with Gasteiger partial charge in [0.25, 0.3) is 5.16 Å². The van der Waals surface area contributed by atoms with Crippen LogP contribution < -0.4 is 0 Å². The molecule has 0 bridgehead atoms. The lowest BCUT2D eigenvalue weighted by Gasteiger charge is -1.92. The fraction of sp³-hybridized carbons (Fsp3) is 0.375. The van der Waals surface area contributed by atoms with Crippen LogP contribution in [0.2, 0.25) is 0 Å². The van der Waals surface area contributed by atoms with E-state index in [0.29, 0.717) is 0 Å². The van der Waals surface area contributed by atoms with Crippen LogP contribution in [0.25, 0.3) is 0 Å². The van der Waals surface area contributed by atoms with E-state index in [1.165, 1.54) is 11.3 Å². The van der Waals surface area contributed by atoms with Crippen LogP contribution in [0.5, 0.6) is 0 Å². The minimum Gasteiger partial charge on any atom is -0.184 e. The standard InChI is InChI=1S/C8H7ClN3/c9-7-2-1-6-8-5(3-10-11-8)4-12(6)7/h2H,1,3-4H2/q+1. The number of fused-ring (bicyclic) bond motifs is 1. The summed E-state index contributed by atoms with van der Waals surface area (Å²) in [5.41, 5.74) is 3.63. The highest BCUT2D eigenvalue weighted by Crippen LogP contribution is 2.30. The molecule has 0 aromatic rings. The number of allylic oxidation sites excluding steroid dienone is 2. The van der Waals surface area contributed by atoms with Crippen molar-refractivity contribution in [2.75, 3.05) is 13.1 Å². The minimum atomic E-state index is 0.763. The topological polar surface area (TPSA) is 27.7 Å².